The topological polar surface area (TPSA) is 76.0 Å². The number of benzene rings is 2. The number of rotatable bonds is 7. The summed E-state index contributed by atoms with van der Waals surface area (Å²) >= 11 is 7.87. The first-order chi connectivity index (χ1) is 13.5. The summed E-state index contributed by atoms with van der Waals surface area (Å²) in [6.45, 7) is 1.90. The Hall–Kier alpha value is -2.51. The molecular formula is C20H21ClN4O2S. The Balaban J connectivity index is 1.81. The lowest BCUT2D eigenvalue weighted by atomic mass is 10.2. The minimum Gasteiger partial charge on any atom is -0.326 e. The van der Waals surface area contributed by atoms with E-state index in [1.807, 2.05) is 35.1 Å². The number of hydrogen-bond acceptors (Lipinski definition) is 4. The highest BCUT2D eigenvalue weighted by Crippen LogP contribution is 2.26. The molecule has 0 fully saturated rings. The van der Waals surface area contributed by atoms with Gasteiger partial charge in [0.25, 0.3) is 0 Å². The highest BCUT2D eigenvalue weighted by molar-refractivity contribution is 7.97. The first kappa shape index (κ1) is 20.2. The van der Waals surface area contributed by atoms with Gasteiger partial charge in [-0.1, -0.05) is 30.7 Å². The van der Waals surface area contributed by atoms with E-state index in [1.165, 1.54) is 0 Å². The van der Waals surface area contributed by atoms with Crippen molar-refractivity contribution in [1.82, 2.24) is 9.55 Å². The van der Waals surface area contributed by atoms with E-state index >= 15 is 0 Å². The number of imidazole rings is 1. The van der Waals surface area contributed by atoms with Crippen molar-refractivity contribution in [1.29, 1.82) is 0 Å². The third kappa shape index (κ3) is 4.66. The van der Waals surface area contributed by atoms with Gasteiger partial charge in [-0.05, 0) is 36.6 Å². The van der Waals surface area contributed by atoms with Gasteiger partial charge in [0.05, 0.1) is 27.5 Å². The molecule has 3 aromatic rings. The zero-order valence-corrected chi connectivity index (χ0v) is 17.2. The molecule has 0 radical (unpaired) electrons. The Labute approximate surface area is 172 Å². The first-order valence-electron chi connectivity index (χ1n) is 8.84. The molecule has 1 heterocycles. The van der Waals surface area contributed by atoms with Crippen molar-refractivity contribution in [3.05, 3.63) is 53.3 Å². The third-order valence-electron chi connectivity index (χ3n) is 4.15. The Morgan fingerprint density at radius 3 is 2.68 bits per heavy atom. The van der Waals surface area contributed by atoms with Crippen LogP contribution in [-0.4, -0.2) is 27.6 Å². The Morgan fingerprint density at radius 1 is 1.14 bits per heavy atom. The van der Waals surface area contributed by atoms with Gasteiger partial charge in [-0.2, -0.15) is 11.8 Å². The minimum absolute atomic E-state index is 0.105. The van der Waals surface area contributed by atoms with Crippen molar-refractivity contribution in [2.45, 2.75) is 25.6 Å². The Kier molecular flexibility index (Phi) is 6.59. The quantitative estimate of drug-likeness (QED) is 0.592. The lowest BCUT2D eigenvalue weighted by molar-refractivity contribution is -0.117. The highest BCUT2D eigenvalue weighted by Gasteiger charge is 2.14. The van der Waals surface area contributed by atoms with Crippen LogP contribution < -0.4 is 10.6 Å². The Morgan fingerprint density at radius 2 is 1.93 bits per heavy atom. The average molecular weight is 417 g/mol. The van der Waals surface area contributed by atoms with E-state index in [4.69, 9.17) is 11.6 Å². The van der Waals surface area contributed by atoms with E-state index < -0.39 is 0 Å². The fourth-order valence-electron chi connectivity index (χ4n) is 2.82. The largest absolute Gasteiger partial charge is 0.326 e. The van der Waals surface area contributed by atoms with Gasteiger partial charge < -0.3 is 15.2 Å². The van der Waals surface area contributed by atoms with Crippen LogP contribution in [0, 0.1) is 0 Å². The molecular weight excluding hydrogens is 396 g/mol. The zero-order valence-electron chi connectivity index (χ0n) is 15.7. The van der Waals surface area contributed by atoms with Gasteiger partial charge in [0.2, 0.25) is 11.8 Å². The van der Waals surface area contributed by atoms with E-state index in [0.29, 0.717) is 28.6 Å². The molecule has 3 rings (SSSR count). The van der Waals surface area contributed by atoms with E-state index in [1.54, 1.807) is 36.9 Å². The molecule has 2 aromatic carbocycles. The molecule has 146 valence electrons. The van der Waals surface area contributed by atoms with Crippen molar-refractivity contribution >= 4 is 57.6 Å². The molecule has 0 aliphatic rings. The molecule has 1 aromatic heterocycles. The van der Waals surface area contributed by atoms with E-state index in [0.717, 1.165) is 16.9 Å². The molecule has 0 unspecified atom stereocenters. The summed E-state index contributed by atoms with van der Waals surface area (Å²) < 4.78 is 1.91. The van der Waals surface area contributed by atoms with E-state index in [2.05, 4.69) is 15.6 Å². The van der Waals surface area contributed by atoms with Crippen molar-refractivity contribution in [3.63, 3.8) is 0 Å². The highest BCUT2D eigenvalue weighted by atomic mass is 35.5. The van der Waals surface area contributed by atoms with Crippen LogP contribution in [0.15, 0.2) is 42.5 Å². The lowest BCUT2D eigenvalue weighted by Gasteiger charge is -2.12. The van der Waals surface area contributed by atoms with Gasteiger partial charge >= 0.3 is 0 Å². The number of hydrogen-bond donors (Lipinski definition) is 2. The summed E-state index contributed by atoms with van der Waals surface area (Å²) in [4.78, 5) is 28.9. The second-order valence-corrected chi connectivity index (χ2v) is 7.45. The Bertz CT molecular complexity index is 1020. The number of halogens is 1. The lowest BCUT2D eigenvalue weighted by Crippen LogP contribution is -2.20. The minimum atomic E-state index is -0.216. The number of aromatic nitrogens is 2. The fraction of sp³-hybridized carbons (Fsp3) is 0.250. The standard InChI is InChI=1S/C20H21ClN4O2S/c1-3-19(26)22-13-8-9-14(21)16(10-13)24-20(27)11-25-17-7-5-4-6-15(17)23-18(25)12-28-2/h4-10H,3,11-12H2,1-2H3,(H,22,26)(H,24,27). The number of para-hydroxylation sites is 2. The monoisotopic (exact) mass is 416 g/mol. The summed E-state index contributed by atoms with van der Waals surface area (Å²) in [6, 6.07) is 12.7. The average Bonchev–Trinajstić information content (AvgIpc) is 3.02. The second kappa shape index (κ2) is 9.12. The molecule has 2 N–H and O–H groups in total. The maximum atomic E-state index is 12.7. The van der Waals surface area contributed by atoms with Crippen LogP contribution in [0.3, 0.4) is 0 Å². The number of anilines is 2. The van der Waals surface area contributed by atoms with Gasteiger partial charge in [0.15, 0.2) is 0 Å². The van der Waals surface area contributed by atoms with Gasteiger partial charge in [0, 0.05) is 12.1 Å². The molecule has 6 nitrogen and oxygen atoms in total. The van der Waals surface area contributed by atoms with Crippen LogP contribution >= 0.6 is 23.4 Å². The van der Waals surface area contributed by atoms with Crippen LogP contribution in [0.2, 0.25) is 5.02 Å². The van der Waals surface area contributed by atoms with Gasteiger partial charge in [-0.25, -0.2) is 4.98 Å². The molecule has 0 atom stereocenters. The predicted molar refractivity (Wildman–Crippen MR) is 116 cm³/mol. The molecule has 0 saturated carbocycles. The normalized spacial score (nSPS) is 10.8. The second-order valence-electron chi connectivity index (χ2n) is 6.18. The maximum absolute atomic E-state index is 12.7. The van der Waals surface area contributed by atoms with Gasteiger partial charge in [-0.15, -0.1) is 0 Å². The molecule has 8 heteroatoms. The summed E-state index contributed by atoms with van der Waals surface area (Å²) in [6.07, 6.45) is 2.37. The molecule has 0 aliphatic carbocycles. The smallest absolute Gasteiger partial charge is 0.244 e. The molecule has 0 spiro atoms. The molecule has 0 saturated heterocycles. The summed E-state index contributed by atoms with van der Waals surface area (Å²) in [5.74, 6) is 1.23. The number of thioether (sulfide) groups is 1. The van der Waals surface area contributed by atoms with Crippen LogP contribution in [0.25, 0.3) is 11.0 Å². The van der Waals surface area contributed by atoms with Crippen LogP contribution in [0.4, 0.5) is 11.4 Å². The number of nitrogens with zero attached hydrogens (tertiary/aromatic N) is 2. The van der Waals surface area contributed by atoms with E-state index in [-0.39, 0.29) is 18.4 Å². The summed E-state index contributed by atoms with van der Waals surface area (Å²) in [5, 5.41) is 6.00. The fourth-order valence-corrected chi connectivity index (χ4v) is 3.47. The number of amides is 2. The van der Waals surface area contributed by atoms with Gasteiger partial charge in [0.1, 0.15) is 12.4 Å². The molecule has 0 bridgehead atoms. The number of carbonyl (C=O) groups is 2. The van der Waals surface area contributed by atoms with Gasteiger partial charge in [-0.3, -0.25) is 9.59 Å². The number of fused-ring (bicyclic) bond motifs is 1. The van der Waals surface area contributed by atoms with Crippen molar-refractivity contribution in [2.75, 3.05) is 16.9 Å². The number of nitrogens with one attached hydrogen (secondary N) is 2. The molecule has 2 amide bonds. The van der Waals surface area contributed by atoms with Crippen LogP contribution in [0.1, 0.15) is 19.2 Å². The number of carbonyl (C=O) groups excluding carboxylic acids is 2. The van der Waals surface area contributed by atoms with Crippen molar-refractivity contribution in [2.24, 2.45) is 0 Å². The third-order valence-corrected chi connectivity index (χ3v) is 5.03. The zero-order chi connectivity index (χ0) is 20.1. The first-order valence-corrected chi connectivity index (χ1v) is 10.6. The van der Waals surface area contributed by atoms with Crippen LogP contribution in [-0.2, 0) is 21.9 Å². The van der Waals surface area contributed by atoms with Crippen molar-refractivity contribution < 1.29 is 9.59 Å². The SMILES string of the molecule is CCC(=O)Nc1ccc(Cl)c(NC(=O)Cn2c(CSC)nc3ccccc32)c1. The molecule has 28 heavy (non-hydrogen) atoms. The summed E-state index contributed by atoms with van der Waals surface area (Å²) in [5.41, 5.74) is 2.82. The van der Waals surface area contributed by atoms with Crippen molar-refractivity contribution in [3.8, 4) is 0 Å². The summed E-state index contributed by atoms with van der Waals surface area (Å²) in [7, 11) is 0. The molecule has 0 aliphatic heterocycles. The van der Waals surface area contributed by atoms with Crippen LogP contribution in [0.5, 0.6) is 0 Å². The predicted octanol–water partition coefficient (Wildman–Crippen LogP) is 4.54. The van der Waals surface area contributed by atoms with E-state index in [9.17, 15) is 9.59 Å². The maximum Gasteiger partial charge on any atom is 0.244 e.